The van der Waals surface area contributed by atoms with E-state index in [1.165, 1.54) is 10.4 Å². The first-order chi connectivity index (χ1) is 9.20. The van der Waals surface area contributed by atoms with Crippen molar-refractivity contribution in [1.82, 2.24) is 5.32 Å². The topological polar surface area (TPSA) is 21.3 Å². The van der Waals surface area contributed by atoms with E-state index in [0.29, 0.717) is 6.61 Å². The Labute approximate surface area is 123 Å². The number of thiophene rings is 1. The largest absolute Gasteiger partial charge is 0.383 e. The number of benzene rings is 1. The molecule has 1 N–H and O–H groups in total. The Morgan fingerprint density at radius 1 is 1.21 bits per heavy atom. The number of nitrogens with one attached hydrogen (secondary N) is 1. The Bertz CT molecular complexity index is 500. The molecule has 0 amide bonds. The summed E-state index contributed by atoms with van der Waals surface area (Å²) in [5.41, 5.74) is 1.24. The Morgan fingerprint density at radius 3 is 2.53 bits per heavy atom. The zero-order valence-corrected chi connectivity index (χ0v) is 12.7. The second-order valence-electron chi connectivity index (χ2n) is 4.45. The third-order valence-corrected chi connectivity index (χ3v) is 4.42. The van der Waals surface area contributed by atoms with E-state index in [-0.39, 0.29) is 12.1 Å². The van der Waals surface area contributed by atoms with Crippen molar-refractivity contribution in [3.63, 3.8) is 0 Å². The molecule has 0 saturated carbocycles. The van der Waals surface area contributed by atoms with Crippen LogP contribution in [-0.4, -0.2) is 13.7 Å². The molecule has 0 radical (unpaired) electrons. The molecule has 2 atom stereocenters. The highest BCUT2D eigenvalue weighted by Gasteiger charge is 2.16. The van der Waals surface area contributed by atoms with Gasteiger partial charge in [0.1, 0.15) is 0 Å². The number of hydrogen-bond acceptors (Lipinski definition) is 3. The van der Waals surface area contributed by atoms with Gasteiger partial charge >= 0.3 is 0 Å². The lowest BCUT2D eigenvalue weighted by Crippen LogP contribution is -2.27. The van der Waals surface area contributed by atoms with Gasteiger partial charge in [0.2, 0.25) is 0 Å². The zero-order chi connectivity index (χ0) is 13.7. The first-order valence-electron chi connectivity index (χ1n) is 6.26. The van der Waals surface area contributed by atoms with E-state index in [4.69, 9.17) is 16.3 Å². The average molecular weight is 296 g/mol. The van der Waals surface area contributed by atoms with Gasteiger partial charge < -0.3 is 10.1 Å². The standard InChI is InChI=1S/C15H18ClNOS/c1-11(14-8-9-15(16)19-14)17-13(10-18-2)12-6-4-3-5-7-12/h3-9,11,13,17H,10H2,1-2H3. The summed E-state index contributed by atoms with van der Waals surface area (Å²) in [5, 5.41) is 3.59. The molecule has 102 valence electrons. The smallest absolute Gasteiger partial charge is 0.0931 e. The molecule has 2 rings (SSSR count). The van der Waals surface area contributed by atoms with Crippen molar-refractivity contribution in [2.45, 2.75) is 19.0 Å². The van der Waals surface area contributed by atoms with Crippen LogP contribution >= 0.6 is 22.9 Å². The van der Waals surface area contributed by atoms with Crippen LogP contribution in [0.4, 0.5) is 0 Å². The fourth-order valence-corrected chi connectivity index (χ4v) is 3.11. The summed E-state index contributed by atoms with van der Waals surface area (Å²) in [5.74, 6) is 0. The Kier molecular flexibility index (Phi) is 5.40. The molecule has 2 aromatic rings. The fourth-order valence-electron chi connectivity index (χ4n) is 2.04. The fraction of sp³-hybridized carbons (Fsp3) is 0.333. The van der Waals surface area contributed by atoms with E-state index >= 15 is 0 Å². The van der Waals surface area contributed by atoms with Crippen LogP contribution in [0.3, 0.4) is 0 Å². The van der Waals surface area contributed by atoms with Crippen LogP contribution < -0.4 is 5.32 Å². The van der Waals surface area contributed by atoms with Gasteiger partial charge in [0.05, 0.1) is 17.0 Å². The highest BCUT2D eigenvalue weighted by molar-refractivity contribution is 7.16. The third-order valence-electron chi connectivity index (χ3n) is 3.01. The molecule has 0 aliphatic heterocycles. The Hall–Kier alpha value is -0.870. The van der Waals surface area contributed by atoms with Crippen LogP contribution in [0.2, 0.25) is 4.34 Å². The van der Waals surface area contributed by atoms with E-state index in [9.17, 15) is 0 Å². The maximum absolute atomic E-state index is 5.99. The van der Waals surface area contributed by atoms with E-state index in [2.05, 4.69) is 30.4 Å². The van der Waals surface area contributed by atoms with Gasteiger partial charge in [0.15, 0.2) is 0 Å². The number of rotatable bonds is 6. The summed E-state index contributed by atoms with van der Waals surface area (Å²) < 4.78 is 6.14. The molecular formula is C15H18ClNOS. The van der Waals surface area contributed by atoms with Crippen LogP contribution in [0.5, 0.6) is 0 Å². The lowest BCUT2D eigenvalue weighted by molar-refractivity contribution is 0.162. The number of hydrogen-bond donors (Lipinski definition) is 1. The van der Waals surface area contributed by atoms with Crippen molar-refractivity contribution in [3.05, 3.63) is 57.2 Å². The van der Waals surface area contributed by atoms with Crippen molar-refractivity contribution in [2.24, 2.45) is 0 Å². The predicted molar refractivity (Wildman–Crippen MR) is 81.9 cm³/mol. The molecule has 1 aromatic heterocycles. The molecule has 0 aliphatic rings. The van der Waals surface area contributed by atoms with Crippen molar-refractivity contribution in [2.75, 3.05) is 13.7 Å². The van der Waals surface area contributed by atoms with Gasteiger partial charge in [-0.25, -0.2) is 0 Å². The molecule has 1 aromatic carbocycles. The van der Waals surface area contributed by atoms with Crippen molar-refractivity contribution in [3.8, 4) is 0 Å². The number of methoxy groups -OCH3 is 1. The summed E-state index contributed by atoms with van der Waals surface area (Å²) in [6.07, 6.45) is 0. The monoisotopic (exact) mass is 295 g/mol. The van der Waals surface area contributed by atoms with E-state index in [1.54, 1.807) is 18.4 Å². The molecule has 0 fully saturated rings. The van der Waals surface area contributed by atoms with Gasteiger partial charge in [-0.1, -0.05) is 41.9 Å². The number of ether oxygens (including phenoxy) is 1. The normalized spacial score (nSPS) is 14.3. The van der Waals surface area contributed by atoms with Gasteiger partial charge in [-0.05, 0) is 24.6 Å². The first-order valence-corrected chi connectivity index (χ1v) is 7.45. The second-order valence-corrected chi connectivity index (χ2v) is 6.20. The molecule has 1 heterocycles. The van der Waals surface area contributed by atoms with E-state index in [0.717, 1.165) is 4.34 Å². The van der Waals surface area contributed by atoms with Crippen LogP contribution in [-0.2, 0) is 4.74 Å². The highest BCUT2D eigenvalue weighted by atomic mass is 35.5. The van der Waals surface area contributed by atoms with Gasteiger partial charge in [0, 0.05) is 18.0 Å². The Morgan fingerprint density at radius 2 is 1.95 bits per heavy atom. The van der Waals surface area contributed by atoms with Crippen molar-refractivity contribution < 1.29 is 4.74 Å². The van der Waals surface area contributed by atoms with Crippen LogP contribution in [0.1, 0.15) is 29.4 Å². The van der Waals surface area contributed by atoms with E-state index in [1.807, 2.05) is 24.3 Å². The van der Waals surface area contributed by atoms with Gasteiger partial charge in [0.25, 0.3) is 0 Å². The average Bonchev–Trinajstić information content (AvgIpc) is 2.86. The van der Waals surface area contributed by atoms with Crippen molar-refractivity contribution >= 4 is 22.9 Å². The zero-order valence-electron chi connectivity index (χ0n) is 11.1. The second kappa shape index (κ2) is 7.06. The van der Waals surface area contributed by atoms with E-state index < -0.39 is 0 Å². The van der Waals surface area contributed by atoms with Crippen LogP contribution in [0.15, 0.2) is 42.5 Å². The quantitative estimate of drug-likeness (QED) is 0.850. The minimum absolute atomic E-state index is 0.182. The molecule has 2 unspecified atom stereocenters. The SMILES string of the molecule is COCC(NC(C)c1ccc(Cl)s1)c1ccccc1. The molecule has 2 nitrogen and oxygen atoms in total. The van der Waals surface area contributed by atoms with Crippen LogP contribution in [0, 0.1) is 0 Å². The summed E-state index contributed by atoms with van der Waals surface area (Å²) >= 11 is 7.60. The van der Waals surface area contributed by atoms with Gasteiger partial charge in [-0.3, -0.25) is 0 Å². The maximum atomic E-state index is 5.99. The Balaban J connectivity index is 2.08. The maximum Gasteiger partial charge on any atom is 0.0931 e. The van der Waals surface area contributed by atoms with Gasteiger partial charge in [-0.2, -0.15) is 0 Å². The molecule has 0 aliphatic carbocycles. The molecular weight excluding hydrogens is 278 g/mol. The lowest BCUT2D eigenvalue weighted by atomic mass is 10.1. The number of halogens is 1. The lowest BCUT2D eigenvalue weighted by Gasteiger charge is -2.22. The van der Waals surface area contributed by atoms with Crippen LogP contribution in [0.25, 0.3) is 0 Å². The molecule has 0 saturated heterocycles. The summed E-state index contributed by atoms with van der Waals surface area (Å²) in [7, 11) is 1.73. The third kappa shape index (κ3) is 4.05. The van der Waals surface area contributed by atoms with Gasteiger partial charge in [-0.15, -0.1) is 11.3 Å². The van der Waals surface area contributed by atoms with Crippen molar-refractivity contribution in [1.29, 1.82) is 0 Å². The molecule has 19 heavy (non-hydrogen) atoms. The molecule has 0 spiro atoms. The molecule has 0 bridgehead atoms. The highest BCUT2D eigenvalue weighted by Crippen LogP contribution is 2.28. The summed E-state index contributed by atoms with van der Waals surface area (Å²) in [4.78, 5) is 1.24. The summed E-state index contributed by atoms with van der Waals surface area (Å²) in [6, 6.07) is 14.8. The summed E-state index contributed by atoms with van der Waals surface area (Å²) in [6.45, 7) is 2.79. The molecule has 4 heteroatoms. The minimum atomic E-state index is 0.182. The first kappa shape index (κ1) is 14.5. The predicted octanol–water partition coefficient (Wildman–Crippen LogP) is 4.44. The minimum Gasteiger partial charge on any atom is -0.383 e.